The van der Waals surface area contributed by atoms with Crippen molar-refractivity contribution in [3.8, 4) is 0 Å². The highest BCUT2D eigenvalue weighted by Gasteiger charge is 2.07. The van der Waals surface area contributed by atoms with E-state index < -0.39 is 0 Å². The van der Waals surface area contributed by atoms with Crippen molar-refractivity contribution in [1.82, 2.24) is 20.1 Å². The van der Waals surface area contributed by atoms with Crippen LogP contribution in [0.1, 0.15) is 52.4 Å². The Morgan fingerprint density at radius 1 is 1.33 bits per heavy atom. The third-order valence-electron chi connectivity index (χ3n) is 2.84. The standard InChI is InChI=1S/C13H24N4O/c1-3-4-5-6-7-8-13(18)16-12(2)9-17-11-14-10-15-17/h10-12H,3-9H2,1-2H3,(H,16,18). The Kier molecular flexibility index (Phi) is 7.06. The lowest BCUT2D eigenvalue weighted by atomic mass is 10.1. The molecule has 1 atom stereocenters. The van der Waals surface area contributed by atoms with Crippen LogP contribution in [0, 0.1) is 0 Å². The second-order valence-electron chi connectivity index (χ2n) is 4.75. The molecule has 0 saturated heterocycles. The van der Waals surface area contributed by atoms with Crippen LogP contribution in [0.4, 0.5) is 0 Å². The van der Waals surface area contributed by atoms with E-state index in [2.05, 4.69) is 22.3 Å². The Hall–Kier alpha value is -1.39. The number of nitrogens with zero attached hydrogens (tertiary/aromatic N) is 3. The molecule has 1 N–H and O–H groups in total. The summed E-state index contributed by atoms with van der Waals surface area (Å²) in [6.45, 7) is 4.84. The quantitative estimate of drug-likeness (QED) is 0.685. The van der Waals surface area contributed by atoms with Gasteiger partial charge in [-0.05, 0) is 13.3 Å². The fourth-order valence-electron chi connectivity index (χ4n) is 1.89. The Morgan fingerprint density at radius 3 is 2.78 bits per heavy atom. The highest BCUT2D eigenvalue weighted by atomic mass is 16.1. The number of amides is 1. The van der Waals surface area contributed by atoms with Crippen molar-refractivity contribution in [3.05, 3.63) is 12.7 Å². The summed E-state index contributed by atoms with van der Waals surface area (Å²) >= 11 is 0. The van der Waals surface area contributed by atoms with Crippen molar-refractivity contribution in [3.63, 3.8) is 0 Å². The number of carbonyl (C=O) groups excluding carboxylic acids is 1. The van der Waals surface area contributed by atoms with E-state index in [0.29, 0.717) is 13.0 Å². The molecule has 0 aliphatic heterocycles. The summed E-state index contributed by atoms with van der Waals surface area (Å²) in [5, 5.41) is 7.00. The van der Waals surface area contributed by atoms with Crippen LogP contribution >= 0.6 is 0 Å². The zero-order chi connectivity index (χ0) is 13.2. The van der Waals surface area contributed by atoms with Gasteiger partial charge in [-0.1, -0.05) is 32.6 Å². The summed E-state index contributed by atoms with van der Waals surface area (Å²) in [7, 11) is 0. The van der Waals surface area contributed by atoms with Gasteiger partial charge in [0.2, 0.25) is 5.91 Å². The van der Waals surface area contributed by atoms with Gasteiger partial charge in [0.15, 0.2) is 0 Å². The summed E-state index contributed by atoms with van der Waals surface area (Å²) in [5.74, 6) is 0.138. The third kappa shape index (κ3) is 6.37. The first-order chi connectivity index (χ1) is 8.72. The first kappa shape index (κ1) is 14.7. The molecule has 5 nitrogen and oxygen atoms in total. The number of carbonyl (C=O) groups is 1. The number of hydrogen-bond donors (Lipinski definition) is 1. The highest BCUT2D eigenvalue weighted by Crippen LogP contribution is 2.05. The molecule has 18 heavy (non-hydrogen) atoms. The molecule has 1 heterocycles. The van der Waals surface area contributed by atoms with Crippen molar-refractivity contribution in [2.24, 2.45) is 0 Å². The molecule has 0 aliphatic rings. The average Bonchev–Trinajstić information content (AvgIpc) is 2.81. The Balaban J connectivity index is 2.08. The first-order valence-electron chi connectivity index (χ1n) is 6.84. The maximum Gasteiger partial charge on any atom is 0.220 e. The lowest BCUT2D eigenvalue weighted by Crippen LogP contribution is -2.35. The molecule has 0 saturated carbocycles. The van der Waals surface area contributed by atoms with Crippen molar-refractivity contribution < 1.29 is 4.79 Å². The van der Waals surface area contributed by atoms with Gasteiger partial charge in [0.1, 0.15) is 12.7 Å². The average molecular weight is 252 g/mol. The van der Waals surface area contributed by atoms with Crippen LogP contribution in [-0.2, 0) is 11.3 Å². The van der Waals surface area contributed by atoms with E-state index in [0.717, 1.165) is 12.8 Å². The van der Waals surface area contributed by atoms with E-state index in [9.17, 15) is 4.79 Å². The van der Waals surface area contributed by atoms with Crippen LogP contribution in [0.15, 0.2) is 12.7 Å². The fourth-order valence-corrected chi connectivity index (χ4v) is 1.89. The van der Waals surface area contributed by atoms with Gasteiger partial charge >= 0.3 is 0 Å². The molecule has 1 rings (SSSR count). The van der Waals surface area contributed by atoms with Gasteiger partial charge in [-0.3, -0.25) is 9.48 Å². The van der Waals surface area contributed by atoms with E-state index in [1.807, 2.05) is 6.92 Å². The molecule has 0 radical (unpaired) electrons. The summed E-state index contributed by atoms with van der Waals surface area (Å²) in [5.41, 5.74) is 0. The zero-order valence-corrected chi connectivity index (χ0v) is 11.4. The largest absolute Gasteiger partial charge is 0.352 e. The van der Waals surface area contributed by atoms with Crippen LogP contribution in [0.3, 0.4) is 0 Å². The topological polar surface area (TPSA) is 59.8 Å². The van der Waals surface area contributed by atoms with Crippen molar-refractivity contribution in [2.45, 2.75) is 65.0 Å². The molecule has 0 bridgehead atoms. The number of nitrogens with one attached hydrogen (secondary N) is 1. The number of rotatable bonds is 9. The fraction of sp³-hybridized carbons (Fsp3) is 0.769. The minimum Gasteiger partial charge on any atom is -0.352 e. The molecule has 5 heteroatoms. The van der Waals surface area contributed by atoms with Crippen molar-refractivity contribution >= 4 is 5.91 Å². The number of hydrogen-bond acceptors (Lipinski definition) is 3. The maximum atomic E-state index is 11.7. The normalized spacial score (nSPS) is 12.3. The Bertz CT molecular complexity index is 324. The third-order valence-corrected chi connectivity index (χ3v) is 2.84. The van der Waals surface area contributed by atoms with Gasteiger partial charge in [-0.2, -0.15) is 5.10 Å². The first-order valence-corrected chi connectivity index (χ1v) is 6.84. The van der Waals surface area contributed by atoms with E-state index in [1.165, 1.54) is 25.6 Å². The molecule has 0 fully saturated rings. The van der Waals surface area contributed by atoms with Crippen LogP contribution in [-0.4, -0.2) is 26.7 Å². The molecule has 1 aromatic rings. The maximum absolute atomic E-state index is 11.7. The molecule has 0 aromatic carbocycles. The smallest absolute Gasteiger partial charge is 0.220 e. The second kappa shape index (κ2) is 8.66. The number of aromatic nitrogens is 3. The molecule has 0 aliphatic carbocycles. The predicted molar refractivity (Wildman–Crippen MR) is 71.0 cm³/mol. The molecular weight excluding hydrogens is 228 g/mol. The van der Waals surface area contributed by atoms with Gasteiger partial charge in [0.05, 0.1) is 6.54 Å². The summed E-state index contributed by atoms with van der Waals surface area (Å²) < 4.78 is 1.73. The van der Waals surface area contributed by atoms with Crippen LogP contribution in [0.25, 0.3) is 0 Å². The highest BCUT2D eigenvalue weighted by molar-refractivity contribution is 5.76. The lowest BCUT2D eigenvalue weighted by Gasteiger charge is -2.13. The second-order valence-corrected chi connectivity index (χ2v) is 4.75. The number of unbranched alkanes of at least 4 members (excludes halogenated alkanes) is 4. The summed E-state index contributed by atoms with van der Waals surface area (Å²) in [6.07, 6.45) is 9.67. The minimum absolute atomic E-state index is 0.0924. The van der Waals surface area contributed by atoms with Crippen molar-refractivity contribution in [2.75, 3.05) is 0 Å². The van der Waals surface area contributed by atoms with Crippen LogP contribution in [0.5, 0.6) is 0 Å². The monoisotopic (exact) mass is 252 g/mol. The van der Waals surface area contributed by atoms with Crippen LogP contribution in [0.2, 0.25) is 0 Å². The molecule has 1 aromatic heterocycles. The van der Waals surface area contributed by atoms with Gasteiger partial charge in [0, 0.05) is 12.5 Å². The Morgan fingerprint density at radius 2 is 2.11 bits per heavy atom. The Labute approximate surface area is 109 Å². The molecule has 1 amide bonds. The molecule has 1 unspecified atom stereocenters. The van der Waals surface area contributed by atoms with Gasteiger partial charge in [-0.15, -0.1) is 0 Å². The molecule has 0 spiro atoms. The van der Waals surface area contributed by atoms with Gasteiger partial charge < -0.3 is 5.32 Å². The van der Waals surface area contributed by atoms with Gasteiger partial charge in [-0.25, -0.2) is 4.98 Å². The van der Waals surface area contributed by atoms with E-state index >= 15 is 0 Å². The lowest BCUT2D eigenvalue weighted by molar-refractivity contribution is -0.121. The van der Waals surface area contributed by atoms with E-state index in [-0.39, 0.29) is 11.9 Å². The van der Waals surface area contributed by atoms with Crippen LogP contribution < -0.4 is 5.32 Å². The van der Waals surface area contributed by atoms with Crippen molar-refractivity contribution in [1.29, 1.82) is 0 Å². The SMILES string of the molecule is CCCCCCCC(=O)NC(C)Cn1cncn1. The van der Waals surface area contributed by atoms with E-state index in [1.54, 1.807) is 11.0 Å². The predicted octanol–water partition coefficient (Wildman–Crippen LogP) is 2.14. The molecular formula is C13H24N4O. The summed E-state index contributed by atoms with van der Waals surface area (Å²) in [4.78, 5) is 15.5. The van der Waals surface area contributed by atoms with E-state index in [4.69, 9.17) is 0 Å². The minimum atomic E-state index is 0.0924. The zero-order valence-electron chi connectivity index (χ0n) is 11.4. The van der Waals surface area contributed by atoms with Gasteiger partial charge in [0.25, 0.3) is 0 Å². The summed E-state index contributed by atoms with van der Waals surface area (Å²) in [6, 6.07) is 0.0924. The molecule has 102 valence electrons.